The monoisotopic (exact) mass is 374 g/mol. The summed E-state index contributed by atoms with van der Waals surface area (Å²) in [5.41, 5.74) is 0.785. The van der Waals surface area contributed by atoms with Crippen LogP contribution in [0.3, 0.4) is 0 Å². The van der Waals surface area contributed by atoms with Crippen LogP contribution in [0.1, 0.15) is 17.3 Å². The molecular formula is C19H19FN2O5. The molecule has 0 aliphatic carbocycles. The minimum Gasteiger partial charge on any atom is -0.479 e. The number of anilines is 1. The minimum absolute atomic E-state index is 0.0823. The highest BCUT2D eigenvalue weighted by atomic mass is 19.1. The molecule has 142 valence electrons. The quantitative estimate of drug-likeness (QED) is 0.691. The first-order valence-electron chi connectivity index (χ1n) is 8.20. The molecule has 0 bridgehead atoms. The lowest BCUT2D eigenvalue weighted by molar-refractivity contribution is -0.149. The number of amides is 2. The molecule has 8 heteroatoms. The summed E-state index contributed by atoms with van der Waals surface area (Å²) in [7, 11) is 0. The molecule has 2 amide bonds. The van der Waals surface area contributed by atoms with Crippen LogP contribution in [0, 0.1) is 5.82 Å². The van der Waals surface area contributed by atoms with Gasteiger partial charge in [-0.15, -0.1) is 0 Å². The molecule has 2 rings (SSSR count). The van der Waals surface area contributed by atoms with E-state index in [1.165, 1.54) is 24.3 Å². The van der Waals surface area contributed by atoms with Crippen LogP contribution in [0.2, 0.25) is 0 Å². The van der Waals surface area contributed by atoms with E-state index in [2.05, 4.69) is 10.6 Å². The normalized spacial score (nSPS) is 10.0. The van der Waals surface area contributed by atoms with Crippen LogP contribution in [0.25, 0.3) is 0 Å². The van der Waals surface area contributed by atoms with Gasteiger partial charge in [-0.05, 0) is 37.3 Å². The third-order valence-corrected chi connectivity index (χ3v) is 3.29. The van der Waals surface area contributed by atoms with Crippen LogP contribution >= 0.6 is 0 Å². The van der Waals surface area contributed by atoms with Crippen molar-refractivity contribution in [2.45, 2.75) is 6.92 Å². The van der Waals surface area contributed by atoms with Crippen molar-refractivity contribution in [2.24, 2.45) is 0 Å². The molecule has 0 fully saturated rings. The van der Waals surface area contributed by atoms with E-state index in [1.807, 2.05) is 0 Å². The highest BCUT2D eigenvalue weighted by Gasteiger charge is 2.11. The number of esters is 1. The lowest BCUT2D eigenvalue weighted by Gasteiger charge is -2.09. The Balaban J connectivity index is 1.79. The molecule has 0 heterocycles. The Labute approximate surface area is 155 Å². The fourth-order valence-corrected chi connectivity index (χ4v) is 2.08. The largest absolute Gasteiger partial charge is 0.479 e. The molecule has 0 radical (unpaired) electrons. The van der Waals surface area contributed by atoms with Gasteiger partial charge in [-0.3, -0.25) is 9.59 Å². The summed E-state index contributed by atoms with van der Waals surface area (Å²) in [6.07, 6.45) is 0. The maximum absolute atomic E-state index is 13.4. The van der Waals surface area contributed by atoms with Gasteiger partial charge in [-0.1, -0.05) is 18.2 Å². The fourth-order valence-electron chi connectivity index (χ4n) is 2.08. The molecular weight excluding hydrogens is 355 g/mol. The molecule has 0 aliphatic rings. The lowest BCUT2D eigenvalue weighted by Crippen LogP contribution is -2.24. The number of nitrogens with one attached hydrogen (secondary N) is 2. The first kappa shape index (κ1) is 19.9. The molecule has 0 saturated carbocycles. The van der Waals surface area contributed by atoms with Crippen molar-refractivity contribution < 1.29 is 28.2 Å². The zero-order chi connectivity index (χ0) is 19.6. The third kappa shape index (κ3) is 6.43. The SMILES string of the molecule is CCNC(=O)c1cccc(NC(=O)COC(=O)COc2ccccc2F)c1. The first-order valence-corrected chi connectivity index (χ1v) is 8.20. The second kappa shape index (κ2) is 9.91. The van der Waals surface area contributed by atoms with E-state index in [4.69, 9.17) is 9.47 Å². The Morgan fingerprint density at radius 1 is 1.04 bits per heavy atom. The molecule has 0 aromatic heterocycles. The molecule has 0 unspecified atom stereocenters. The number of rotatable bonds is 8. The van der Waals surface area contributed by atoms with E-state index in [9.17, 15) is 18.8 Å². The van der Waals surface area contributed by atoms with Gasteiger partial charge < -0.3 is 20.1 Å². The van der Waals surface area contributed by atoms with E-state index in [-0.39, 0.29) is 11.7 Å². The molecule has 0 saturated heterocycles. The van der Waals surface area contributed by atoms with Crippen molar-refractivity contribution in [2.75, 3.05) is 25.1 Å². The van der Waals surface area contributed by atoms with Crippen LogP contribution in [-0.2, 0) is 14.3 Å². The number of benzene rings is 2. The Hall–Kier alpha value is -3.42. The molecule has 0 aliphatic heterocycles. The summed E-state index contributed by atoms with van der Waals surface area (Å²) in [6, 6.07) is 12.0. The van der Waals surface area contributed by atoms with Crippen molar-refractivity contribution in [3.05, 3.63) is 59.9 Å². The average molecular weight is 374 g/mol. The highest BCUT2D eigenvalue weighted by molar-refractivity contribution is 5.97. The molecule has 27 heavy (non-hydrogen) atoms. The summed E-state index contributed by atoms with van der Waals surface area (Å²) in [5.74, 6) is -2.34. The summed E-state index contributed by atoms with van der Waals surface area (Å²) in [5, 5.41) is 5.17. The third-order valence-electron chi connectivity index (χ3n) is 3.29. The number of carbonyl (C=O) groups is 3. The predicted molar refractivity (Wildman–Crippen MR) is 95.9 cm³/mol. The Kier molecular flexibility index (Phi) is 7.30. The van der Waals surface area contributed by atoms with Crippen LogP contribution in [0.4, 0.5) is 10.1 Å². The average Bonchev–Trinajstić information content (AvgIpc) is 2.66. The number of carbonyl (C=O) groups excluding carboxylic acids is 3. The standard InChI is InChI=1S/C19H19FN2O5/c1-2-21-19(25)13-6-5-7-14(10-13)22-17(23)11-27-18(24)12-26-16-9-4-3-8-15(16)20/h3-10H,2,11-12H2,1H3,(H,21,25)(H,22,23). The maximum atomic E-state index is 13.4. The van der Waals surface area contributed by atoms with E-state index in [0.29, 0.717) is 17.8 Å². The molecule has 2 N–H and O–H groups in total. The van der Waals surface area contributed by atoms with Gasteiger partial charge in [0.05, 0.1) is 0 Å². The van der Waals surface area contributed by atoms with Crippen molar-refractivity contribution in [3.8, 4) is 5.75 Å². The second-order valence-electron chi connectivity index (χ2n) is 5.37. The van der Waals surface area contributed by atoms with Crippen molar-refractivity contribution in [1.82, 2.24) is 5.32 Å². The van der Waals surface area contributed by atoms with Crippen LogP contribution in [0.15, 0.2) is 48.5 Å². The minimum atomic E-state index is -0.815. The van der Waals surface area contributed by atoms with Gasteiger partial charge in [-0.2, -0.15) is 0 Å². The molecule has 0 atom stereocenters. The maximum Gasteiger partial charge on any atom is 0.344 e. The molecule has 2 aromatic carbocycles. The number of hydrogen-bond donors (Lipinski definition) is 2. The molecule has 2 aromatic rings. The van der Waals surface area contributed by atoms with E-state index < -0.39 is 30.9 Å². The van der Waals surface area contributed by atoms with Gasteiger partial charge in [0.2, 0.25) is 0 Å². The number of halogens is 1. The first-order chi connectivity index (χ1) is 13.0. The number of ether oxygens (including phenoxy) is 2. The van der Waals surface area contributed by atoms with Crippen LogP contribution in [-0.4, -0.2) is 37.5 Å². The van der Waals surface area contributed by atoms with Crippen LogP contribution in [0.5, 0.6) is 5.75 Å². The summed E-state index contributed by atoms with van der Waals surface area (Å²) >= 11 is 0. The fraction of sp³-hybridized carbons (Fsp3) is 0.211. The van der Waals surface area contributed by atoms with Gasteiger partial charge in [-0.25, -0.2) is 9.18 Å². The van der Waals surface area contributed by atoms with Crippen molar-refractivity contribution in [3.63, 3.8) is 0 Å². The van der Waals surface area contributed by atoms with Gasteiger partial charge in [0.1, 0.15) is 0 Å². The van der Waals surface area contributed by atoms with E-state index in [1.54, 1.807) is 31.2 Å². The summed E-state index contributed by atoms with van der Waals surface area (Å²) < 4.78 is 23.1. The summed E-state index contributed by atoms with van der Waals surface area (Å²) in [6.45, 7) is 1.22. The smallest absolute Gasteiger partial charge is 0.344 e. The van der Waals surface area contributed by atoms with Gasteiger partial charge in [0, 0.05) is 17.8 Å². The Morgan fingerprint density at radius 2 is 1.81 bits per heavy atom. The van der Waals surface area contributed by atoms with Gasteiger partial charge in [0.25, 0.3) is 11.8 Å². The zero-order valence-corrected chi connectivity index (χ0v) is 14.7. The number of para-hydroxylation sites is 1. The summed E-state index contributed by atoms with van der Waals surface area (Å²) in [4.78, 5) is 35.2. The lowest BCUT2D eigenvalue weighted by atomic mass is 10.2. The van der Waals surface area contributed by atoms with E-state index >= 15 is 0 Å². The topological polar surface area (TPSA) is 93.7 Å². The number of hydrogen-bond acceptors (Lipinski definition) is 5. The second-order valence-corrected chi connectivity index (χ2v) is 5.37. The highest BCUT2D eigenvalue weighted by Crippen LogP contribution is 2.15. The predicted octanol–water partition coefficient (Wildman–Crippen LogP) is 2.14. The Bertz CT molecular complexity index is 825. The van der Waals surface area contributed by atoms with Crippen molar-refractivity contribution in [1.29, 1.82) is 0 Å². The van der Waals surface area contributed by atoms with Crippen LogP contribution < -0.4 is 15.4 Å². The molecule has 0 spiro atoms. The van der Waals surface area contributed by atoms with Crippen molar-refractivity contribution >= 4 is 23.5 Å². The zero-order valence-electron chi connectivity index (χ0n) is 14.7. The van der Waals surface area contributed by atoms with Gasteiger partial charge >= 0.3 is 5.97 Å². The van der Waals surface area contributed by atoms with Gasteiger partial charge in [0.15, 0.2) is 24.8 Å². The van der Waals surface area contributed by atoms with E-state index in [0.717, 1.165) is 0 Å². The Morgan fingerprint density at radius 3 is 2.56 bits per heavy atom. The molecule has 7 nitrogen and oxygen atoms in total.